The zero-order chi connectivity index (χ0) is 12.6. The van der Waals surface area contributed by atoms with E-state index in [-0.39, 0.29) is 11.2 Å². The number of hydrogen-bond donors (Lipinski definition) is 0. The molecule has 0 aliphatic heterocycles. The van der Waals surface area contributed by atoms with Gasteiger partial charge in [0.2, 0.25) is 0 Å². The molecule has 0 amide bonds. The topological polar surface area (TPSA) is 17.1 Å². The Hall–Kier alpha value is -0.790. The summed E-state index contributed by atoms with van der Waals surface area (Å²) in [5.74, 6) is 0.225. The molecule has 0 aromatic heterocycles. The Morgan fingerprint density at radius 1 is 1.29 bits per heavy atom. The molecule has 90 valence electrons. The van der Waals surface area contributed by atoms with Gasteiger partial charge in [0.05, 0.1) is 0 Å². The van der Waals surface area contributed by atoms with Gasteiger partial charge in [-0.2, -0.15) is 0 Å². The number of halogens is 2. The van der Waals surface area contributed by atoms with E-state index >= 15 is 0 Å². The number of rotatable bonds is 1. The van der Waals surface area contributed by atoms with Crippen LogP contribution in [0, 0.1) is 5.41 Å². The summed E-state index contributed by atoms with van der Waals surface area (Å²) in [4.78, 5) is 12.1. The predicted octanol–water partition coefficient (Wildman–Crippen LogP) is 4.77. The van der Waals surface area contributed by atoms with Crippen molar-refractivity contribution < 1.29 is 4.79 Å². The molecule has 0 unspecified atom stereocenters. The zero-order valence-corrected chi connectivity index (χ0v) is 11.4. The fourth-order valence-corrected chi connectivity index (χ4v) is 2.52. The van der Waals surface area contributed by atoms with Crippen molar-refractivity contribution in [3.8, 4) is 0 Å². The SMILES string of the molecule is CC1(C)CCC(=Cc2ccc(Cl)cc2Cl)C1=O. The number of benzene rings is 1. The normalized spacial score (nSPS) is 21.2. The molecule has 17 heavy (non-hydrogen) atoms. The van der Waals surface area contributed by atoms with Crippen LogP contribution in [0.15, 0.2) is 23.8 Å². The fraction of sp³-hybridized carbons (Fsp3) is 0.357. The Morgan fingerprint density at radius 3 is 2.53 bits per heavy atom. The van der Waals surface area contributed by atoms with Crippen molar-refractivity contribution in [3.63, 3.8) is 0 Å². The van der Waals surface area contributed by atoms with Gasteiger partial charge in [0.15, 0.2) is 5.78 Å². The molecular formula is C14H14Cl2O. The van der Waals surface area contributed by atoms with Gasteiger partial charge in [0.1, 0.15) is 0 Å². The lowest BCUT2D eigenvalue weighted by molar-refractivity contribution is -0.121. The molecule has 3 heteroatoms. The Labute approximate surface area is 111 Å². The molecular weight excluding hydrogens is 255 g/mol. The number of Topliss-reactive ketones (excluding diaryl/α,β-unsaturated/α-hetero) is 1. The van der Waals surface area contributed by atoms with Crippen LogP contribution in [0.3, 0.4) is 0 Å². The smallest absolute Gasteiger partial charge is 0.164 e. The van der Waals surface area contributed by atoms with E-state index in [1.54, 1.807) is 12.1 Å². The monoisotopic (exact) mass is 268 g/mol. The third-order valence-electron chi connectivity index (χ3n) is 3.22. The van der Waals surface area contributed by atoms with Crippen molar-refractivity contribution in [1.82, 2.24) is 0 Å². The minimum atomic E-state index is -0.231. The first kappa shape index (κ1) is 12.7. The molecule has 0 heterocycles. The molecule has 1 nitrogen and oxygen atoms in total. The van der Waals surface area contributed by atoms with Crippen LogP contribution in [0.2, 0.25) is 10.0 Å². The third-order valence-corrected chi connectivity index (χ3v) is 3.78. The average Bonchev–Trinajstić information content (AvgIpc) is 2.49. The summed E-state index contributed by atoms with van der Waals surface area (Å²) in [6.45, 7) is 3.97. The van der Waals surface area contributed by atoms with E-state index in [4.69, 9.17) is 23.2 Å². The fourth-order valence-electron chi connectivity index (χ4n) is 2.05. The molecule has 0 N–H and O–H groups in total. The summed E-state index contributed by atoms with van der Waals surface area (Å²) in [6.07, 6.45) is 3.61. The minimum Gasteiger partial charge on any atom is -0.294 e. The Balaban J connectivity index is 2.35. The summed E-state index contributed by atoms with van der Waals surface area (Å²) in [5.41, 5.74) is 1.49. The lowest BCUT2D eigenvalue weighted by atomic mass is 9.90. The van der Waals surface area contributed by atoms with Gasteiger partial charge in [-0.05, 0) is 42.2 Å². The first-order chi connectivity index (χ1) is 7.90. The lowest BCUT2D eigenvalue weighted by Gasteiger charge is -2.12. The molecule has 0 bridgehead atoms. The summed E-state index contributed by atoms with van der Waals surface area (Å²) in [5, 5.41) is 1.19. The van der Waals surface area contributed by atoms with Crippen molar-refractivity contribution in [1.29, 1.82) is 0 Å². The number of allylic oxidation sites excluding steroid dienone is 1. The Morgan fingerprint density at radius 2 is 2.00 bits per heavy atom. The molecule has 1 aliphatic carbocycles. The number of ketones is 1. The van der Waals surface area contributed by atoms with E-state index in [0.29, 0.717) is 10.0 Å². The highest BCUT2D eigenvalue weighted by Gasteiger charge is 2.36. The van der Waals surface area contributed by atoms with E-state index in [9.17, 15) is 4.79 Å². The summed E-state index contributed by atoms with van der Waals surface area (Å²) < 4.78 is 0. The van der Waals surface area contributed by atoms with E-state index in [2.05, 4.69) is 0 Å². The van der Waals surface area contributed by atoms with Crippen LogP contribution in [-0.4, -0.2) is 5.78 Å². The second kappa shape index (κ2) is 4.47. The standard InChI is InChI=1S/C14H14Cl2O/c1-14(2)6-5-10(13(14)17)7-9-3-4-11(15)8-12(9)16/h3-4,7-8H,5-6H2,1-2H3. The molecule has 0 radical (unpaired) electrons. The van der Waals surface area contributed by atoms with E-state index in [1.165, 1.54) is 0 Å². The second-order valence-corrected chi connectivity index (χ2v) is 5.89. The van der Waals surface area contributed by atoms with Gasteiger partial charge in [0, 0.05) is 15.5 Å². The summed E-state index contributed by atoms with van der Waals surface area (Å²) >= 11 is 11.9. The maximum absolute atomic E-state index is 12.1. The maximum Gasteiger partial charge on any atom is 0.164 e. The average molecular weight is 269 g/mol. The zero-order valence-electron chi connectivity index (χ0n) is 9.89. The molecule has 0 atom stereocenters. The number of hydrogen-bond acceptors (Lipinski definition) is 1. The molecule has 1 aliphatic rings. The van der Waals surface area contributed by atoms with Crippen LogP contribution in [0.25, 0.3) is 6.08 Å². The van der Waals surface area contributed by atoms with Gasteiger partial charge in [-0.25, -0.2) is 0 Å². The van der Waals surface area contributed by atoms with Crippen LogP contribution in [0.1, 0.15) is 32.3 Å². The van der Waals surface area contributed by atoms with Gasteiger partial charge in [-0.1, -0.05) is 43.1 Å². The minimum absolute atomic E-state index is 0.225. The van der Waals surface area contributed by atoms with Crippen LogP contribution >= 0.6 is 23.2 Å². The first-order valence-electron chi connectivity index (χ1n) is 5.60. The third kappa shape index (κ3) is 2.56. The molecule has 0 spiro atoms. The number of carbonyl (C=O) groups is 1. The molecule has 1 saturated carbocycles. The van der Waals surface area contributed by atoms with Gasteiger partial charge in [-0.15, -0.1) is 0 Å². The van der Waals surface area contributed by atoms with Crippen LogP contribution in [-0.2, 0) is 4.79 Å². The van der Waals surface area contributed by atoms with Gasteiger partial charge >= 0.3 is 0 Å². The van der Waals surface area contributed by atoms with Crippen molar-refractivity contribution in [2.24, 2.45) is 5.41 Å². The largest absolute Gasteiger partial charge is 0.294 e. The van der Waals surface area contributed by atoms with Crippen molar-refractivity contribution in [2.45, 2.75) is 26.7 Å². The van der Waals surface area contributed by atoms with Gasteiger partial charge < -0.3 is 0 Å². The predicted molar refractivity (Wildman–Crippen MR) is 72.5 cm³/mol. The molecule has 1 aromatic rings. The number of carbonyl (C=O) groups excluding carboxylic acids is 1. The highest BCUT2D eigenvalue weighted by atomic mass is 35.5. The lowest BCUT2D eigenvalue weighted by Crippen LogP contribution is -2.17. The van der Waals surface area contributed by atoms with E-state index in [0.717, 1.165) is 24.0 Å². The molecule has 0 saturated heterocycles. The molecule has 2 rings (SSSR count). The van der Waals surface area contributed by atoms with Crippen LogP contribution < -0.4 is 0 Å². The highest BCUT2D eigenvalue weighted by Crippen LogP contribution is 2.38. The molecule has 1 fully saturated rings. The maximum atomic E-state index is 12.1. The van der Waals surface area contributed by atoms with Gasteiger partial charge in [-0.3, -0.25) is 4.79 Å². The van der Waals surface area contributed by atoms with Crippen molar-refractivity contribution in [3.05, 3.63) is 39.4 Å². The summed E-state index contributed by atoms with van der Waals surface area (Å²) in [7, 11) is 0. The molecule has 1 aromatic carbocycles. The second-order valence-electron chi connectivity index (χ2n) is 5.05. The quantitative estimate of drug-likeness (QED) is 0.671. The van der Waals surface area contributed by atoms with Gasteiger partial charge in [0.25, 0.3) is 0 Å². The van der Waals surface area contributed by atoms with Crippen LogP contribution in [0.4, 0.5) is 0 Å². The Kier molecular flexibility index (Phi) is 3.33. The van der Waals surface area contributed by atoms with E-state index in [1.807, 2.05) is 26.0 Å². The van der Waals surface area contributed by atoms with Crippen molar-refractivity contribution >= 4 is 35.1 Å². The van der Waals surface area contributed by atoms with Crippen LogP contribution in [0.5, 0.6) is 0 Å². The van der Waals surface area contributed by atoms with E-state index < -0.39 is 0 Å². The van der Waals surface area contributed by atoms with Crippen molar-refractivity contribution in [2.75, 3.05) is 0 Å². The first-order valence-corrected chi connectivity index (χ1v) is 6.36. The highest BCUT2D eigenvalue weighted by molar-refractivity contribution is 6.35. The Bertz CT molecular complexity index is 501. The summed E-state index contributed by atoms with van der Waals surface area (Å²) in [6, 6.07) is 5.32.